The van der Waals surface area contributed by atoms with E-state index in [1.807, 2.05) is 0 Å². The first-order valence-corrected chi connectivity index (χ1v) is 16.5. The van der Waals surface area contributed by atoms with Crippen LogP contribution in [0.25, 0.3) is 83.0 Å². The second kappa shape index (κ2) is 11.5. The number of fused-ring (bicyclic) bond motifs is 3. The van der Waals surface area contributed by atoms with Crippen LogP contribution >= 0.6 is 0 Å². The molecule has 9 rings (SSSR count). The highest BCUT2D eigenvalue weighted by Crippen LogP contribution is 2.44. The van der Waals surface area contributed by atoms with Crippen molar-refractivity contribution < 1.29 is 0 Å². The number of nitrogens with zero attached hydrogens (tertiary/aromatic N) is 2. The Morgan fingerprint density at radius 2 is 0.958 bits per heavy atom. The minimum Gasteiger partial charge on any atom is -0.292 e. The third-order valence-electron chi connectivity index (χ3n) is 9.45. The third kappa shape index (κ3) is 4.70. The molecule has 1 heterocycles. The molecule has 2 heteroatoms. The van der Waals surface area contributed by atoms with E-state index < -0.39 is 0 Å². The van der Waals surface area contributed by atoms with E-state index >= 15 is 0 Å². The van der Waals surface area contributed by atoms with Gasteiger partial charge in [-0.25, -0.2) is 4.98 Å². The van der Waals surface area contributed by atoms with Gasteiger partial charge in [-0.05, 0) is 97.7 Å². The maximum Gasteiger partial charge on any atom is 0.145 e. The molecule has 0 aliphatic heterocycles. The number of aromatic nitrogens is 2. The summed E-state index contributed by atoms with van der Waals surface area (Å²) in [7, 11) is 0. The summed E-state index contributed by atoms with van der Waals surface area (Å²) in [5.74, 6) is 0.942. The second-order valence-corrected chi connectivity index (χ2v) is 12.5. The molecule has 0 amide bonds. The summed E-state index contributed by atoms with van der Waals surface area (Å²) in [4.78, 5) is 5.11. The largest absolute Gasteiger partial charge is 0.292 e. The Labute approximate surface area is 280 Å². The summed E-state index contributed by atoms with van der Waals surface area (Å²) in [5.41, 5.74) is 12.9. The molecule has 0 atom stereocenters. The SMILES string of the molecule is Cc1cccc(-n2c(-c3ccc(-c4ccc5c(-c6ccccc6)c6ccccc6c(-c6ccccc6)c5c4)cc3)nc3ccccc32)c1. The van der Waals surface area contributed by atoms with Crippen molar-refractivity contribution in [3.63, 3.8) is 0 Å². The molecule has 0 saturated carbocycles. The molecular formula is C46H32N2. The van der Waals surface area contributed by atoms with E-state index in [0.29, 0.717) is 0 Å². The molecule has 0 spiro atoms. The van der Waals surface area contributed by atoms with E-state index in [9.17, 15) is 0 Å². The molecule has 0 fully saturated rings. The number of aryl methyl sites for hydroxylation is 1. The van der Waals surface area contributed by atoms with Crippen LogP contribution in [0.3, 0.4) is 0 Å². The predicted molar refractivity (Wildman–Crippen MR) is 203 cm³/mol. The standard InChI is InChI=1S/C46H32N2/c1-31-13-12-18-37(29-31)48-43-22-11-10-21-42(43)47-46(48)35-25-23-32(24-26-35)36-27-28-40-41(30-36)45(34-16-6-3-7-17-34)39-20-9-8-19-38(39)44(40)33-14-4-2-5-15-33/h2-30H,1H3. The molecule has 0 aliphatic carbocycles. The molecule has 0 radical (unpaired) electrons. The molecular weight excluding hydrogens is 581 g/mol. The van der Waals surface area contributed by atoms with Crippen LogP contribution in [0, 0.1) is 6.92 Å². The third-order valence-corrected chi connectivity index (χ3v) is 9.45. The van der Waals surface area contributed by atoms with Crippen LogP contribution in [0.15, 0.2) is 176 Å². The van der Waals surface area contributed by atoms with E-state index in [2.05, 4.69) is 187 Å². The first-order chi connectivity index (χ1) is 23.7. The van der Waals surface area contributed by atoms with Crippen LogP contribution in [0.1, 0.15) is 5.56 Å². The summed E-state index contributed by atoms with van der Waals surface area (Å²) in [6, 6.07) is 63.3. The zero-order valence-corrected chi connectivity index (χ0v) is 26.6. The van der Waals surface area contributed by atoms with Crippen LogP contribution in [0.5, 0.6) is 0 Å². The Hall–Kier alpha value is -6.25. The summed E-state index contributed by atoms with van der Waals surface area (Å²) in [5, 5.41) is 5.04. The van der Waals surface area contributed by atoms with Gasteiger partial charge in [0, 0.05) is 11.3 Å². The van der Waals surface area contributed by atoms with Gasteiger partial charge < -0.3 is 0 Å². The van der Waals surface area contributed by atoms with Crippen molar-refractivity contribution in [3.8, 4) is 50.5 Å². The van der Waals surface area contributed by atoms with Crippen LogP contribution in [-0.4, -0.2) is 9.55 Å². The molecule has 9 aromatic rings. The molecule has 226 valence electrons. The van der Waals surface area contributed by atoms with Gasteiger partial charge in [0.25, 0.3) is 0 Å². The van der Waals surface area contributed by atoms with Gasteiger partial charge in [0.05, 0.1) is 11.0 Å². The highest BCUT2D eigenvalue weighted by atomic mass is 15.1. The summed E-state index contributed by atoms with van der Waals surface area (Å²) >= 11 is 0. The summed E-state index contributed by atoms with van der Waals surface area (Å²) < 4.78 is 2.27. The van der Waals surface area contributed by atoms with Crippen molar-refractivity contribution in [1.29, 1.82) is 0 Å². The Kier molecular flexibility index (Phi) is 6.72. The fourth-order valence-corrected chi connectivity index (χ4v) is 7.25. The Morgan fingerprint density at radius 3 is 1.65 bits per heavy atom. The van der Waals surface area contributed by atoms with Crippen molar-refractivity contribution in [2.45, 2.75) is 6.92 Å². The molecule has 1 aromatic heterocycles. The molecule has 0 N–H and O–H groups in total. The smallest absolute Gasteiger partial charge is 0.145 e. The highest BCUT2D eigenvalue weighted by Gasteiger charge is 2.18. The molecule has 48 heavy (non-hydrogen) atoms. The lowest BCUT2D eigenvalue weighted by Crippen LogP contribution is -1.98. The molecule has 2 nitrogen and oxygen atoms in total. The van der Waals surface area contributed by atoms with E-state index in [0.717, 1.165) is 28.1 Å². The number of hydrogen-bond acceptors (Lipinski definition) is 1. The number of hydrogen-bond donors (Lipinski definition) is 0. The van der Waals surface area contributed by atoms with E-state index in [1.165, 1.54) is 60.5 Å². The van der Waals surface area contributed by atoms with Gasteiger partial charge in [-0.3, -0.25) is 4.57 Å². The quantitative estimate of drug-likeness (QED) is 0.177. The van der Waals surface area contributed by atoms with Crippen molar-refractivity contribution in [2.24, 2.45) is 0 Å². The number of para-hydroxylation sites is 2. The van der Waals surface area contributed by atoms with Gasteiger partial charge in [-0.1, -0.05) is 146 Å². The van der Waals surface area contributed by atoms with Gasteiger partial charge in [0.2, 0.25) is 0 Å². The van der Waals surface area contributed by atoms with E-state index in [-0.39, 0.29) is 0 Å². The predicted octanol–water partition coefficient (Wildman–Crippen LogP) is 12.3. The van der Waals surface area contributed by atoms with Crippen molar-refractivity contribution in [2.75, 3.05) is 0 Å². The average molecular weight is 613 g/mol. The number of benzene rings is 8. The molecule has 0 saturated heterocycles. The van der Waals surface area contributed by atoms with Crippen LogP contribution < -0.4 is 0 Å². The Balaban J connectivity index is 1.23. The Morgan fingerprint density at radius 1 is 0.396 bits per heavy atom. The van der Waals surface area contributed by atoms with Crippen LogP contribution in [0.2, 0.25) is 0 Å². The fraction of sp³-hybridized carbons (Fsp3) is 0.0217. The monoisotopic (exact) mass is 612 g/mol. The summed E-state index contributed by atoms with van der Waals surface area (Å²) in [6.07, 6.45) is 0. The van der Waals surface area contributed by atoms with Gasteiger partial charge in [-0.2, -0.15) is 0 Å². The fourth-order valence-electron chi connectivity index (χ4n) is 7.25. The van der Waals surface area contributed by atoms with Crippen LogP contribution in [0.4, 0.5) is 0 Å². The lowest BCUT2D eigenvalue weighted by molar-refractivity contribution is 1.10. The number of imidazole rings is 1. The van der Waals surface area contributed by atoms with Gasteiger partial charge in [0.15, 0.2) is 0 Å². The zero-order valence-electron chi connectivity index (χ0n) is 26.6. The zero-order chi connectivity index (χ0) is 32.0. The van der Waals surface area contributed by atoms with Crippen molar-refractivity contribution in [1.82, 2.24) is 9.55 Å². The van der Waals surface area contributed by atoms with Crippen molar-refractivity contribution in [3.05, 3.63) is 181 Å². The van der Waals surface area contributed by atoms with Crippen molar-refractivity contribution >= 4 is 32.6 Å². The average Bonchev–Trinajstić information content (AvgIpc) is 3.54. The van der Waals surface area contributed by atoms with Crippen LogP contribution in [-0.2, 0) is 0 Å². The Bertz CT molecular complexity index is 2600. The lowest BCUT2D eigenvalue weighted by atomic mass is 9.85. The normalized spacial score (nSPS) is 11.4. The topological polar surface area (TPSA) is 17.8 Å². The minimum absolute atomic E-state index is 0.942. The van der Waals surface area contributed by atoms with E-state index in [1.54, 1.807) is 0 Å². The molecule has 0 unspecified atom stereocenters. The first-order valence-electron chi connectivity index (χ1n) is 16.5. The maximum atomic E-state index is 5.11. The number of rotatable bonds is 5. The minimum atomic E-state index is 0.942. The van der Waals surface area contributed by atoms with Gasteiger partial charge >= 0.3 is 0 Å². The molecule has 0 bridgehead atoms. The second-order valence-electron chi connectivity index (χ2n) is 12.5. The highest BCUT2D eigenvalue weighted by molar-refractivity contribution is 6.21. The summed E-state index contributed by atoms with van der Waals surface area (Å²) in [6.45, 7) is 2.13. The first kappa shape index (κ1) is 28.0. The van der Waals surface area contributed by atoms with Gasteiger partial charge in [0.1, 0.15) is 5.82 Å². The maximum absolute atomic E-state index is 5.11. The van der Waals surface area contributed by atoms with E-state index in [4.69, 9.17) is 4.98 Å². The lowest BCUT2D eigenvalue weighted by Gasteiger charge is -2.18. The molecule has 8 aromatic carbocycles. The molecule has 0 aliphatic rings. The van der Waals surface area contributed by atoms with Gasteiger partial charge in [-0.15, -0.1) is 0 Å².